The molecule has 2 atom stereocenters. The van der Waals surface area contributed by atoms with Crippen LogP contribution in [0.15, 0.2) is 47.5 Å². The largest absolute Gasteiger partial charge is 0.460 e. The lowest BCUT2D eigenvalue weighted by Gasteiger charge is -2.29. The van der Waals surface area contributed by atoms with Crippen LogP contribution in [0.25, 0.3) is 0 Å². The highest BCUT2D eigenvalue weighted by molar-refractivity contribution is 6.08. The topological polar surface area (TPSA) is 86.2 Å². The molecule has 2 aromatic carbocycles. The summed E-state index contributed by atoms with van der Waals surface area (Å²) in [5.41, 5.74) is 1.67. The molecular weight excluding hydrogens is 367 g/mol. The number of carbonyl (C=O) groups is 2. The molecule has 0 aromatic heterocycles. The fourth-order valence-corrected chi connectivity index (χ4v) is 3.25. The van der Waals surface area contributed by atoms with E-state index in [1.165, 1.54) is 24.3 Å². The Hall–Kier alpha value is -3.42. The summed E-state index contributed by atoms with van der Waals surface area (Å²) in [4.78, 5) is 28.5. The first-order valence-corrected chi connectivity index (χ1v) is 8.67. The van der Waals surface area contributed by atoms with Crippen LogP contribution < -0.4 is 14.8 Å². The Kier molecular flexibility index (Phi) is 4.68. The van der Waals surface area contributed by atoms with Gasteiger partial charge in [-0.05, 0) is 42.3 Å². The van der Waals surface area contributed by atoms with Crippen molar-refractivity contribution in [1.29, 1.82) is 0 Å². The van der Waals surface area contributed by atoms with Crippen molar-refractivity contribution >= 4 is 17.7 Å². The summed E-state index contributed by atoms with van der Waals surface area (Å²) < 4.78 is 29.3. The third-order valence-corrected chi connectivity index (χ3v) is 4.64. The van der Waals surface area contributed by atoms with Crippen molar-refractivity contribution in [3.05, 3.63) is 59.4 Å². The second-order valence-corrected chi connectivity index (χ2v) is 6.50. The molecule has 2 unspecified atom stereocenters. The predicted molar refractivity (Wildman–Crippen MR) is 96.6 cm³/mol. The number of hydrogen-bond acceptors (Lipinski definition) is 5. The lowest BCUT2D eigenvalue weighted by molar-refractivity contribution is -0.148. The molecule has 8 heteroatoms. The van der Waals surface area contributed by atoms with Crippen molar-refractivity contribution in [3.8, 4) is 11.5 Å². The number of ether oxygens (including phenoxy) is 3. The molecule has 2 aliphatic heterocycles. The van der Waals surface area contributed by atoms with E-state index in [1.54, 1.807) is 25.1 Å². The number of aliphatic imine (C=N–C) groups is 1. The van der Waals surface area contributed by atoms with Crippen LogP contribution >= 0.6 is 0 Å². The Morgan fingerprint density at radius 3 is 2.75 bits per heavy atom. The van der Waals surface area contributed by atoms with Crippen molar-refractivity contribution in [2.45, 2.75) is 19.6 Å². The molecule has 0 saturated heterocycles. The Bertz CT molecular complexity index is 958. The van der Waals surface area contributed by atoms with Crippen LogP contribution in [0.1, 0.15) is 24.1 Å². The van der Waals surface area contributed by atoms with Gasteiger partial charge in [-0.2, -0.15) is 0 Å². The Balaban J connectivity index is 1.52. The second kappa shape index (κ2) is 7.30. The van der Waals surface area contributed by atoms with E-state index in [9.17, 15) is 14.0 Å². The van der Waals surface area contributed by atoms with Crippen LogP contribution in [0.3, 0.4) is 0 Å². The number of carbonyl (C=O) groups excluding carboxylic acids is 2. The van der Waals surface area contributed by atoms with Crippen LogP contribution in [0.2, 0.25) is 0 Å². The molecule has 2 heterocycles. The zero-order valence-electron chi connectivity index (χ0n) is 15.0. The minimum atomic E-state index is -0.808. The summed E-state index contributed by atoms with van der Waals surface area (Å²) in [6.07, 6.45) is 0. The monoisotopic (exact) mass is 384 g/mol. The number of nitrogens with one attached hydrogen (secondary N) is 1. The fourth-order valence-electron chi connectivity index (χ4n) is 3.25. The first-order valence-electron chi connectivity index (χ1n) is 8.67. The van der Waals surface area contributed by atoms with E-state index in [2.05, 4.69) is 10.3 Å². The number of benzene rings is 2. The van der Waals surface area contributed by atoms with E-state index in [4.69, 9.17) is 14.2 Å². The maximum atomic E-state index is 13.2. The number of rotatable bonds is 4. The van der Waals surface area contributed by atoms with Crippen LogP contribution in [0, 0.1) is 11.7 Å². The van der Waals surface area contributed by atoms with Gasteiger partial charge in [0.05, 0.1) is 6.04 Å². The maximum Gasteiger partial charge on any atom is 0.341 e. The van der Waals surface area contributed by atoms with E-state index < -0.39 is 29.8 Å². The van der Waals surface area contributed by atoms with Gasteiger partial charge in [0, 0.05) is 5.71 Å². The van der Waals surface area contributed by atoms with E-state index in [-0.39, 0.29) is 13.4 Å². The Labute approximate surface area is 160 Å². The molecule has 0 radical (unpaired) electrons. The Morgan fingerprint density at radius 1 is 1.21 bits per heavy atom. The number of halogens is 1. The third kappa shape index (κ3) is 3.53. The van der Waals surface area contributed by atoms with Crippen molar-refractivity contribution in [1.82, 2.24) is 5.32 Å². The molecule has 1 N–H and O–H groups in total. The second-order valence-electron chi connectivity index (χ2n) is 6.50. The molecule has 2 aliphatic rings. The number of hydrogen-bond donors (Lipinski definition) is 1. The smallest absolute Gasteiger partial charge is 0.341 e. The average molecular weight is 384 g/mol. The first kappa shape index (κ1) is 18.0. The van der Waals surface area contributed by atoms with Crippen molar-refractivity contribution < 1.29 is 28.2 Å². The van der Waals surface area contributed by atoms with Crippen LogP contribution in [0.4, 0.5) is 9.18 Å². The number of nitrogens with zero attached hydrogens (tertiary/aromatic N) is 1. The lowest BCUT2D eigenvalue weighted by atomic mass is 9.88. The average Bonchev–Trinajstić information content (AvgIpc) is 3.14. The normalized spacial score (nSPS) is 20.4. The molecule has 0 fully saturated rings. The van der Waals surface area contributed by atoms with Gasteiger partial charge in [-0.1, -0.05) is 18.2 Å². The summed E-state index contributed by atoms with van der Waals surface area (Å²) in [7, 11) is 0. The van der Waals surface area contributed by atoms with Gasteiger partial charge < -0.3 is 19.5 Å². The summed E-state index contributed by atoms with van der Waals surface area (Å²) in [6.45, 7) is 1.79. The lowest BCUT2D eigenvalue weighted by Crippen LogP contribution is -2.44. The molecule has 4 rings (SSSR count). The van der Waals surface area contributed by atoms with Crippen molar-refractivity contribution in [3.63, 3.8) is 0 Å². The molecule has 0 aliphatic carbocycles. The van der Waals surface area contributed by atoms with Crippen LogP contribution in [-0.2, 0) is 16.1 Å². The summed E-state index contributed by atoms with van der Waals surface area (Å²) >= 11 is 0. The standard InChI is InChI=1S/C20H17FN2O5/c1-11-17(18(23-20(25)22-11)13-3-5-14(21)6-4-13)19(24)26-9-12-2-7-15-16(8-12)28-10-27-15/h2-8,17-18H,9-10H2,1H3,(H,23,25). The van der Waals surface area contributed by atoms with Gasteiger partial charge in [-0.3, -0.25) is 4.79 Å². The molecule has 0 spiro atoms. The van der Waals surface area contributed by atoms with Gasteiger partial charge in [0.2, 0.25) is 6.79 Å². The molecule has 7 nitrogen and oxygen atoms in total. The van der Waals surface area contributed by atoms with Gasteiger partial charge in [-0.15, -0.1) is 0 Å². The quantitative estimate of drug-likeness (QED) is 0.819. The number of esters is 1. The Morgan fingerprint density at radius 2 is 1.96 bits per heavy atom. The minimum absolute atomic E-state index is 0.0311. The summed E-state index contributed by atoms with van der Waals surface area (Å²) in [6, 6.07) is 9.64. The molecule has 0 saturated carbocycles. The summed E-state index contributed by atoms with van der Waals surface area (Å²) in [5, 5.41) is 2.66. The van der Waals surface area contributed by atoms with Gasteiger partial charge in [0.1, 0.15) is 18.3 Å². The zero-order valence-corrected chi connectivity index (χ0v) is 15.0. The van der Waals surface area contributed by atoms with Gasteiger partial charge in [0.25, 0.3) is 0 Å². The van der Waals surface area contributed by atoms with Gasteiger partial charge >= 0.3 is 12.0 Å². The van der Waals surface area contributed by atoms with E-state index >= 15 is 0 Å². The molecule has 0 bridgehead atoms. The van der Waals surface area contributed by atoms with E-state index in [1.807, 2.05) is 0 Å². The van der Waals surface area contributed by atoms with Crippen LogP contribution in [-0.4, -0.2) is 24.5 Å². The number of urea groups is 1. The first-order chi connectivity index (χ1) is 13.5. The van der Waals surface area contributed by atoms with Gasteiger partial charge in [0.15, 0.2) is 11.5 Å². The molecule has 28 heavy (non-hydrogen) atoms. The predicted octanol–water partition coefficient (Wildman–Crippen LogP) is 3.14. The zero-order chi connectivity index (χ0) is 19.7. The van der Waals surface area contributed by atoms with Crippen LogP contribution in [0.5, 0.6) is 11.5 Å². The van der Waals surface area contributed by atoms with E-state index in [0.29, 0.717) is 22.8 Å². The van der Waals surface area contributed by atoms with Gasteiger partial charge in [-0.25, -0.2) is 14.2 Å². The molecule has 2 aromatic rings. The third-order valence-electron chi connectivity index (χ3n) is 4.64. The number of fused-ring (bicyclic) bond motifs is 1. The fraction of sp³-hybridized carbons (Fsp3) is 0.250. The highest BCUT2D eigenvalue weighted by Gasteiger charge is 2.38. The molecular formula is C20H17FN2O5. The van der Waals surface area contributed by atoms with Crippen molar-refractivity contribution in [2.75, 3.05) is 6.79 Å². The number of amides is 2. The maximum absolute atomic E-state index is 13.2. The SMILES string of the molecule is CC1=NC(=O)NC(c2ccc(F)cc2)C1C(=O)OCc1ccc2c(c1)OCO2. The summed E-state index contributed by atoms with van der Waals surface area (Å²) in [5.74, 6) is -0.506. The highest BCUT2D eigenvalue weighted by atomic mass is 19.1. The van der Waals surface area contributed by atoms with E-state index in [0.717, 1.165) is 5.56 Å². The molecule has 144 valence electrons. The minimum Gasteiger partial charge on any atom is -0.460 e. The van der Waals surface area contributed by atoms with Crippen molar-refractivity contribution in [2.24, 2.45) is 10.9 Å². The molecule has 2 amide bonds. The highest BCUT2D eigenvalue weighted by Crippen LogP contribution is 2.33.